The van der Waals surface area contributed by atoms with Crippen LogP contribution in [0.15, 0.2) is 30.3 Å². The number of nitrogens with zero attached hydrogens (tertiary/aromatic N) is 2. The lowest BCUT2D eigenvalue weighted by molar-refractivity contribution is -0.132. The van der Waals surface area contributed by atoms with E-state index in [1.54, 1.807) is 0 Å². The Morgan fingerprint density at radius 3 is 2.34 bits per heavy atom. The minimum atomic E-state index is -0.296. The first-order valence-electron chi connectivity index (χ1n) is 12.9. The maximum atomic E-state index is 13.3. The number of carbonyl (C=O) groups excluding carboxylic acids is 1. The highest BCUT2D eigenvalue weighted by Gasteiger charge is 2.41. The topological polar surface area (TPSA) is 55.8 Å². The molecule has 0 aromatic heterocycles. The van der Waals surface area contributed by atoms with Gasteiger partial charge in [0.15, 0.2) is 0 Å². The molecule has 1 saturated heterocycles. The number of hydrogen-bond donors (Lipinski definition) is 2. The lowest BCUT2D eigenvalue weighted by Gasteiger charge is -2.40. The Kier molecular flexibility index (Phi) is 7.58. The van der Waals surface area contributed by atoms with Crippen molar-refractivity contribution in [1.82, 2.24) is 15.1 Å². The SMILES string of the molecule is CN1CCN([C@H]2CC[C@](CNC(=O)C3(C)CCCCC3)(c3ccccc3)CC[C@@H]2O)CC1. The smallest absolute Gasteiger partial charge is 0.225 e. The van der Waals surface area contributed by atoms with E-state index in [0.717, 1.165) is 77.5 Å². The molecule has 4 rings (SSSR count). The second-order valence-corrected chi connectivity index (χ2v) is 11.0. The van der Waals surface area contributed by atoms with Crippen LogP contribution >= 0.6 is 0 Å². The van der Waals surface area contributed by atoms with Crippen LogP contribution in [0.1, 0.15) is 70.3 Å². The quantitative estimate of drug-likeness (QED) is 0.686. The van der Waals surface area contributed by atoms with E-state index in [9.17, 15) is 9.90 Å². The van der Waals surface area contributed by atoms with Crippen molar-refractivity contribution >= 4 is 5.91 Å². The van der Waals surface area contributed by atoms with Crippen molar-refractivity contribution in [2.24, 2.45) is 5.41 Å². The Hall–Kier alpha value is -1.43. The zero-order chi connectivity index (χ0) is 22.6. The predicted octanol–water partition coefficient (Wildman–Crippen LogP) is 3.56. The first-order valence-corrected chi connectivity index (χ1v) is 12.9. The fraction of sp³-hybridized carbons (Fsp3) is 0.741. The molecule has 5 heteroatoms. The van der Waals surface area contributed by atoms with Gasteiger partial charge in [-0.1, -0.05) is 56.5 Å². The molecule has 1 aromatic rings. The van der Waals surface area contributed by atoms with Crippen LogP contribution in [-0.2, 0) is 10.2 Å². The second-order valence-electron chi connectivity index (χ2n) is 11.0. The highest BCUT2D eigenvalue weighted by Crippen LogP contribution is 2.40. The summed E-state index contributed by atoms with van der Waals surface area (Å²) in [7, 11) is 2.18. The molecule has 3 atom stereocenters. The molecule has 0 radical (unpaired) electrons. The summed E-state index contributed by atoms with van der Waals surface area (Å²) in [6, 6.07) is 11.0. The Morgan fingerprint density at radius 2 is 1.66 bits per heavy atom. The molecule has 0 spiro atoms. The molecule has 5 nitrogen and oxygen atoms in total. The summed E-state index contributed by atoms with van der Waals surface area (Å²) in [6.45, 7) is 7.03. The van der Waals surface area contributed by atoms with Gasteiger partial charge >= 0.3 is 0 Å². The van der Waals surface area contributed by atoms with Crippen LogP contribution in [0.4, 0.5) is 0 Å². The van der Waals surface area contributed by atoms with E-state index in [2.05, 4.69) is 59.4 Å². The number of hydrogen-bond acceptors (Lipinski definition) is 4. The van der Waals surface area contributed by atoms with Gasteiger partial charge in [-0.25, -0.2) is 0 Å². The minimum absolute atomic E-state index is 0.107. The fourth-order valence-corrected chi connectivity index (χ4v) is 6.32. The summed E-state index contributed by atoms with van der Waals surface area (Å²) in [5, 5.41) is 14.5. The maximum absolute atomic E-state index is 13.3. The maximum Gasteiger partial charge on any atom is 0.225 e. The number of aliphatic hydroxyl groups is 1. The third-order valence-electron chi connectivity index (χ3n) is 8.77. The Morgan fingerprint density at radius 1 is 1.00 bits per heavy atom. The number of benzene rings is 1. The average Bonchev–Trinajstić information content (AvgIpc) is 2.99. The van der Waals surface area contributed by atoms with E-state index in [1.165, 1.54) is 12.0 Å². The van der Waals surface area contributed by atoms with Crippen LogP contribution in [0.2, 0.25) is 0 Å². The average molecular weight is 442 g/mol. The van der Waals surface area contributed by atoms with E-state index in [1.807, 2.05) is 0 Å². The number of amides is 1. The van der Waals surface area contributed by atoms with Gasteiger partial charge in [-0.2, -0.15) is 0 Å². The van der Waals surface area contributed by atoms with Gasteiger partial charge in [0, 0.05) is 49.6 Å². The summed E-state index contributed by atoms with van der Waals surface area (Å²) in [5.74, 6) is 0.230. The highest BCUT2D eigenvalue weighted by molar-refractivity contribution is 5.82. The zero-order valence-corrected chi connectivity index (χ0v) is 20.2. The number of nitrogens with one attached hydrogen (secondary N) is 1. The molecule has 1 heterocycles. The van der Waals surface area contributed by atoms with Crippen molar-refractivity contribution < 1.29 is 9.90 Å². The normalized spacial score (nSPS) is 32.2. The number of aliphatic hydroxyl groups excluding tert-OH is 1. The molecular weight excluding hydrogens is 398 g/mol. The molecular formula is C27H43N3O2. The van der Waals surface area contributed by atoms with Crippen LogP contribution in [-0.4, -0.2) is 72.7 Å². The van der Waals surface area contributed by atoms with Crippen LogP contribution in [0.25, 0.3) is 0 Å². The van der Waals surface area contributed by atoms with Gasteiger partial charge in [0.1, 0.15) is 0 Å². The summed E-state index contributed by atoms with van der Waals surface area (Å²) < 4.78 is 0. The van der Waals surface area contributed by atoms with Crippen molar-refractivity contribution in [2.75, 3.05) is 39.8 Å². The molecule has 178 valence electrons. The van der Waals surface area contributed by atoms with Crippen LogP contribution < -0.4 is 5.32 Å². The molecule has 2 N–H and O–H groups in total. The third-order valence-corrected chi connectivity index (χ3v) is 8.77. The van der Waals surface area contributed by atoms with Crippen LogP contribution in [0.3, 0.4) is 0 Å². The molecule has 3 fully saturated rings. The Labute approximate surface area is 194 Å². The van der Waals surface area contributed by atoms with Gasteiger partial charge in [-0.05, 0) is 51.1 Å². The molecule has 1 amide bonds. The summed E-state index contributed by atoms with van der Waals surface area (Å²) >= 11 is 0. The van der Waals surface area contributed by atoms with Crippen LogP contribution in [0.5, 0.6) is 0 Å². The Bertz CT molecular complexity index is 741. The summed E-state index contributed by atoms with van der Waals surface area (Å²) in [4.78, 5) is 18.1. The fourth-order valence-electron chi connectivity index (χ4n) is 6.32. The van der Waals surface area contributed by atoms with Crippen molar-refractivity contribution in [3.05, 3.63) is 35.9 Å². The highest BCUT2D eigenvalue weighted by atomic mass is 16.3. The molecule has 0 unspecified atom stereocenters. The minimum Gasteiger partial charge on any atom is -0.391 e. The van der Waals surface area contributed by atoms with Gasteiger partial charge in [-0.3, -0.25) is 9.69 Å². The van der Waals surface area contributed by atoms with E-state index in [4.69, 9.17) is 0 Å². The lowest BCUT2D eigenvalue weighted by atomic mass is 9.72. The van der Waals surface area contributed by atoms with E-state index < -0.39 is 0 Å². The molecule has 1 aliphatic heterocycles. The lowest BCUT2D eigenvalue weighted by Crippen LogP contribution is -2.52. The van der Waals surface area contributed by atoms with E-state index in [-0.39, 0.29) is 28.9 Å². The second kappa shape index (κ2) is 10.2. The van der Waals surface area contributed by atoms with Gasteiger partial charge in [0.2, 0.25) is 5.91 Å². The molecule has 3 aliphatic rings. The third kappa shape index (κ3) is 5.21. The molecule has 2 aliphatic carbocycles. The van der Waals surface area contributed by atoms with Crippen molar-refractivity contribution in [2.45, 2.75) is 82.3 Å². The largest absolute Gasteiger partial charge is 0.391 e. The van der Waals surface area contributed by atoms with Crippen molar-refractivity contribution in [3.8, 4) is 0 Å². The first-order chi connectivity index (χ1) is 15.4. The van der Waals surface area contributed by atoms with Crippen molar-refractivity contribution in [3.63, 3.8) is 0 Å². The summed E-state index contributed by atoms with van der Waals surface area (Å²) in [5.41, 5.74) is 0.979. The number of rotatable bonds is 5. The monoisotopic (exact) mass is 441 g/mol. The van der Waals surface area contributed by atoms with Gasteiger partial charge in [0.25, 0.3) is 0 Å². The first kappa shape index (κ1) is 23.7. The zero-order valence-electron chi connectivity index (χ0n) is 20.2. The molecule has 2 saturated carbocycles. The molecule has 32 heavy (non-hydrogen) atoms. The number of likely N-dealkylation sites (N-methyl/N-ethyl adjacent to an activating group) is 1. The van der Waals surface area contributed by atoms with Gasteiger partial charge in [-0.15, -0.1) is 0 Å². The standard InChI is InChI=1S/C27H43N3O2/c1-26(13-7-4-8-14-26)25(32)28-21-27(22-9-5-3-6-10-22)15-11-23(24(31)12-16-27)30-19-17-29(2)18-20-30/h3,5-6,9-10,23-24,31H,4,7-8,11-21H2,1-2H3,(H,28,32)/t23-,24-,27-/m0/s1. The number of carbonyl (C=O) groups is 1. The Balaban J connectivity index is 1.50. The van der Waals surface area contributed by atoms with Crippen LogP contribution in [0, 0.1) is 5.41 Å². The summed E-state index contributed by atoms with van der Waals surface area (Å²) in [6.07, 6.45) is 8.97. The van der Waals surface area contributed by atoms with Crippen molar-refractivity contribution in [1.29, 1.82) is 0 Å². The van der Waals surface area contributed by atoms with E-state index >= 15 is 0 Å². The van der Waals surface area contributed by atoms with Gasteiger partial charge < -0.3 is 15.3 Å². The molecule has 0 bridgehead atoms. The number of piperazine rings is 1. The predicted molar refractivity (Wildman–Crippen MR) is 130 cm³/mol. The van der Waals surface area contributed by atoms with Gasteiger partial charge in [0.05, 0.1) is 6.10 Å². The van der Waals surface area contributed by atoms with E-state index in [0.29, 0.717) is 6.54 Å². The molecule has 1 aromatic carbocycles.